The minimum atomic E-state index is -0.0836. The van der Waals surface area contributed by atoms with Crippen LogP contribution in [0.4, 0.5) is 5.13 Å². The second-order valence-corrected chi connectivity index (χ2v) is 9.01. The van der Waals surface area contributed by atoms with E-state index < -0.39 is 0 Å². The fraction of sp³-hybridized carbons (Fsp3) is 0.409. The highest BCUT2D eigenvalue weighted by atomic mass is 35.5. The average molecular weight is 446 g/mol. The Morgan fingerprint density at radius 2 is 2.13 bits per heavy atom. The molecule has 3 rings (SSSR count). The highest BCUT2D eigenvalue weighted by molar-refractivity contribution is 7.17. The van der Waals surface area contributed by atoms with Gasteiger partial charge in [0.2, 0.25) is 0 Å². The normalized spacial score (nSPS) is 11.1. The SMILES string of the molecule is CC(C)CCN(Cc1ccccc1Cl)c1ncc(C(=O)NCCCc2ncc[nH]2)s1. The highest BCUT2D eigenvalue weighted by Gasteiger charge is 2.17. The molecular weight excluding hydrogens is 418 g/mol. The number of imidazole rings is 1. The van der Waals surface area contributed by atoms with Gasteiger partial charge in [-0.15, -0.1) is 0 Å². The van der Waals surface area contributed by atoms with Crippen molar-refractivity contribution >= 4 is 34.0 Å². The number of anilines is 1. The maximum absolute atomic E-state index is 12.5. The standard InChI is InChI=1S/C22H28ClN5OS/c1-16(2)9-13-28(15-17-6-3-4-7-18(17)23)22-27-14-19(30-22)21(29)26-10-5-8-20-24-11-12-25-20/h3-4,6-7,11-12,14,16H,5,8-10,13,15H2,1-2H3,(H,24,25)(H,26,29). The molecule has 1 amide bonds. The van der Waals surface area contributed by atoms with Gasteiger partial charge >= 0.3 is 0 Å². The number of halogens is 1. The number of nitrogens with one attached hydrogen (secondary N) is 2. The Hall–Kier alpha value is -2.38. The number of aromatic nitrogens is 3. The van der Waals surface area contributed by atoms with Crippen LogP contribution in [0.25, 0.3) is 0 Å². The average Bonchev–Trinajstić information content (AvgIpc) is 3.42. The number of aryl methyl sites for hydroxylation is 1. The lowest BCUT2D eigenvalue weighted by atomic mass is 10.1. The molecule has 0 radical (unpaired) electrons. The molecule has 0 atom stereocenters. The molecule has 0 fully saturated rings. The van der Waals surface area contributed by atoms with E-state index in [0.29, 0.717) is 23.9 Å². The molecule has 1 aromatic carbocycles. The molecule has 0 bridgehead atoms. The molecule has 2 N–H and O–H groups in total. The van der Waals surface area contributed by atoms with Gasteiger partial charge in [-0.05, 0) is 30.4 Å². The van der Waals surface area contributed by atoms with Crippen LogP contribution in [-0.4, -0.2) is 33.9 Å². The summed E-state index contributed by atoms with van der Waals surface area (Å²) in [6.45, 7) is 6.54. The number of carbonyl (C=O) groups is 1. The molecule has 2 aromatic heterocycles. The Balaban J connectivity index is 1.60. The number of thiazole rings is 1. The number of H-pyrrole nitrogens is 1. The number of amides is 1. The van der Waals surface area contributed by atoms with E-state index in [1.165, 1.54) is 11.3 Å². The van der Waals surface area contributed by atoms with Gasteiger partial charge in [-0.1, -0.05) is 55.0 Å². The van der Waals surface area contributed by atoms with E-state index in [0.717, 1.165) is 47.3 Å². The van der Waals surface area contributed by atoms with Gasteiger partial charge in [0.15, 0.2) is 5.13 Å². The van der Waals surface area contributed by atoms with Gasteiger partial charge in [-0.2, -0.15) is 0 Å². The van der Waals surface area contributed by atoms with Crippen LogP contribution in [0, 0.1) is 5.92 Å². The Morgan fingerprint density at radius 3 is 2.87 bits per heavy atom. The smallest absolute Gasteiger partial charge is 0.263 e. The number of carbonyl (C=O) groups excluding carboxylic acids is 1. The van der Waals surface area contributed by atoms with Gasteiger partial charge in [0.1, 0.15) is 10.7 Å². The molecular formula is C22H28ClN5OS. The number of aromatic amines is 1. The van der Waals surface area contributed by atoms with E-state index in [-0.39, 0.29) is 5.91 Å². The summed E-state index contributed by atoms with van der Waals surface area (Å²) >= 11 is 7.79. The zero-order valence-electron chi connectivity index (χ0n) is 17.4. The topological polar surface area (TPSA) is 73.9 Å². The molecule has 2 heterocycles. The molecule has 0 unspecified atom stereocenters. The first kappa shape index (κ1) is 22.3. The summed E-state index contributed by atoms with van der Waals surface area (Å²) in [5.74, 6) is 1.43. The molecule has 30 heavy (non-hydrogen) atoms. The van der Waals surface area contributed by atoms with Crippen molar-refractivity contribution in [1.29, 1.82) is 0 Å². The lowest BCUT2D eigenvalue weighted by molar-refractivity contribution is 0.0957. The molecule has 6 nitrogen and oxygen atoms in total. The monoisotopic (exact) mass is 445 g/mol. The van der Waals surface area contributed by atoms with Crippen molar-refractivity contribution in [1.82, 2.24) is 20.3 Å². The van der Waals surface area contributed by atoms with Crippen molar-refractivity contribution in [2.75, 3.05) is 18.0 Å². The van der Waals surface area contributed by atoms with Crippen LogP contribution in [0.1, 0.15) is 47.7 Å². The highest BCUT2D eigenvalue weighted by Crippen LogP contribution is 2.27. The molecule has 0 aliphatic carbocycles. The first-order chi connectivity index (χ1) is 14.5. The van der Waals surface area contributed by atoms with Crippen LogP contribution in [-0.2, 0) is 13.0 Å². The molecule has 3 aromatic rings. The first-order valence-electron chi connectivity index (χ1n) is 10.2. The fourth-order valence-electron chi connectivity index (χ4n) is 2.98. The van der Waals surface area contributed by atoms with Crippen LogP contribution < -0.4 is 10.2 Å². The van der Waals surface area contributed by atoms with Crippen LogP contribution in [0.3, 0.4) is 0 Å². The minimum Gasteiger partial charge on any atom is -0.351 e. The third-order valence-electron chi connectivity index (χ3n) is 4.71. The largest absolute Gasteiger partial charge is 0.351 e. The van der Waals surface area contributed by atoms with Crippen LogP contribution >= 0.6 is 22.9 Å². The maximum Gasteiger partial charge on any atom is 0.263 e. The lowest BCUT2D eigenvalue weighted by Gasteiger charge is -2.23. The molecule has 160 valence electrons. The Kier molecular flexibility index (Phi) is 8.28. The molecule has 0 aliphatic heterocycles. The predicted octanol–water partition coefficient (Wildman–Crippen LogP) is 4.93. The number of nitrogens with zero attached hydrogens (tertiary/aromatic N) is 3. The van der Waals surface area contributed by atoms with E-state index in [9.17, 15) is 4.79 Å². The van der Waals surface area contributed by atoms with Crippen molar-refractivity contribution in [2.45, 2.75) is 39.7 Å². The summed E-state index contributed by atoms with van der Waals surface area (Å²) in [4.78, 5) is 27.1. The summed E-state index contributed by atoms with van der Waals surface area (Å²) in [7, 11) is 0. The third kappa shape index (κ3) is 6.57. The fourth-order valence-corrected chi connectivity index (χ4v) is 4.04. The van der Waals surface area contributed by atoms with Crippen LogP contribution in [0.15, 0.2) is 42.9 Å². The summed E-state index contributed by atoms with van der Waals surface area (Å²) in [6.07, 6.45) is 7.88. The third-order valence-corrected chi connectivity index (χ3v) is 6.14. The van der Waals surface area contributed by atoms with Gasteiger partial charge in [0, 0.05) is 43.5 Å². The van der Waals surface area contributed by atoms with E-state index >= 15 is 0 Å². The second kappa shape index (κ2) is 11.1. The van der Waals surface area contributed by atoms with Gasteiger partial charge in [0.05, 0.1) is 6.20 Å². The first-order valence-corrected chi connectivity index (χ1v) is 11.4. The summed E-state index contributed by atoms with van der Waals surface area (Å²) in [5.41, 5.74) is 1.06. The molecule has 0 saturated carbocycles. The van der Waals surface area contributed by atoms with Crippen LogP contribution in [0.5, 0.6) is 0 Å². The van der Waals surface area contributed by atoms with E-state index in [4.69, 9.17) is 11.6 Å². The number of hydrogen-bond donors (Lipinski definition) is 2. The van der Waals surface area contributed by atoms with E-state index in [1.807, 2.05) is 24.3 Å². The molecule has 8 heteroatoms. The number of hydrogen-bond acceptors (Lipinski definition) is 5. The van der Waals surface area contributed by atoms with Crippen molar-refractivity contribution < 1.29 is 4.79 Å². The molecule has 0 spiro atoms. The number of rotatable bonds is 11. The van der Waals surface area contributed by atoms with Gasteiger partial charge in [-0.3, -0.25) is 4.79 Å². The minimum absolute atomic E-state index is 0.0836. The zero-order valence-corrected chi connectivity index (χ0v) is 19.0. The molecule has 0 saturated heterocycles. The molecule has 0 aliphatic rings. The van der Waals surface area contributed by atoms with E-state index in [2.05, 4.69) is 39.0 Å². The number of benzene rings is 1. The Bertz CT molecular complexity index is 925. The second-order valence-electron chi connectivity index (χ2n) is 7.60. The van der Waals surface area contributed by atoms with Crippen molar-refractivity contribution in [3.63, 3.8) is 0 Å². The van der Waals surface area contributed by atoms with Crippen molar-refractivity contribution in [3.05, 3.63) is 64.1 Å². The van der Waals surface area contributed by atoms with E-state index in [1.54, 1.807) is 18.6 Å². The van der Waals surface area contributed by atoms with Crippen molar-refractivity contribution in [2.24, 2.45) is 5.92 Å². The quantitative estimate of drug-likeness (QED) is 0.410. The maximum atomic E-state index is 12.5. The summed E-state index contributed by atoms with van der Waals surface area (Å²) in [6, 6.07) is 7.86. The zero-order chi connectivity index (χ0) is 21.3. The van der Waals surface area contributed by atoms with Gasteiger partial charge in [0.25, 0.3) is 5.91 Å². The van der Waals surface area contributed by atoms with Crippen molar-refractivity contribution in [3.8, 4) is 0 Å². The summed E-state index contributed by atoms with van der Waals surface area (Å²) < 4.78 is 0. The Labute approximate surface area is 186 Å². The Morgan fingerprint density at radius 1 is 1.30 bits per heavy atom. The lowest BCUT2D eigenvalue weighted by Crippen LogP contribution is -2.25. The van der Waals surface area contributed by atoms with Gasteiger partial charge in [-0.25, -0.2) is 9.97 Å². The predicted molar refractivity (Wildman–Crippen MR) is 123 cm³/mol. The van der Waals surface area contributed by atoms with Crippen LogP contribution in [0.2, 0.25) is 5.02 Å². The summed E-state index contributed by atoms with van der Waals surface area (Å²) in [5, 5.41) is 4.56. The van der Waals surface area contributed by atoms with Gasteiger partial charge < -0.3 is 15.2 Å².